The molecule has 162 valence electrons. The summed E-state index contributed by atoms with van der Waals surface area (Å²) in [5, 5.41) is 6.09. The highest BCUT2D eigenvalue weighted by molar-refractivity contribution is 7.26. The van der Waals surface area contributed by atoms with Gasteiger partial charge in [0.05, 0.1) is 11.6 Å². The molecule has 5 heterocycles. The van der Waals surface area contributed by atoms with Gasteiger partial charge in [-0.1, -0.05) is 23.7 Å². The van der Waals surface area contributed by atoms with Crippen molar-refractivity contribution in [1.29, 1.82) is 0 Å². The van der Waals surface area contributed by atoms with Crippen LogP contribution in [0.15, 0.2) is 36.7 Å². The Morgan fingerprint density at radius 1 is 1.16 bits per heavy atom. The highest BCUT2D eigenvalue weighted by atomic mass is 35.5. The SMILES string of the molecule is Cc1cc(C(F)F)nc2sc3c(ncn4nc(C5CC(c6ccc(Cl)cc6)NN5)nc34)c12. The minimum Gasteiger partial charge on any atom is -0.250 e. The first-order chi connectivity index (χ1) is 15.5. The Labute approximate surface area is 189 Å². The number of benzene rings is 1. The molecule has 5 aromatic rings. The Morgan fingerprint density at radius 2 is 1.94 bits per heavy atom. The van der Waals surface area contributed by atoms with Crippen LogP contribution >= 0.6 is 22.9 Å². The van der Waals surface area contributed by atoms with Gasteiger partial charge < -0.3 is 0 Å². The fourth-order valence-electron chi connectivity index (χ4n) is 4.15. The molecule has 32 heavy (non-hydrogen) atoms. The van der Waals surface area contributed by atoms with Crippen LogP contribution in [0.25, 0.3) is 26.1 Å². The normalized spacial score (nSPS) is 19.2. The molecule has 7 nitrogen and oxygen atoms in total. The molecule has 0 aliphatic carbocycles. The van der Waals surface area contributed by atoms with Gasteiger partial charge in [0.1, 0.15) is 21.6 Å². The maximum absolute atomic E-state index is 13.2. The molecule has 0 bridgehead atoms. The van der Waals surface area contributed by atoms with Crippen LogP contribution in [-0.4, -0.2) is 24.6 Å². The van der Waals surface area contributed by atoms with Crippen molar-refractivity contribution in [2.24, 2.45) is 0 Å². The van der Waals surface area contributed by atoms with Crippen LogP contribution < -0.4 is 10.9 Å². The second kappa shape index (κ2) is 7.38. The number of hydrazine groups is 1. The van der Waals surface area contributed by atoms with Crippen LogP contribution in [0.1, 0.15) is 47.6 Å². The molecular weight excluding hydrogens is 456 g/mol. The molecule has 1 aliphatic heterocycles. The molecule has 2 atom stereocenters. The summed E-state index contributed by atoms with van der Waals surface area (Å²) < 4.78 is 28.8. The van der Waals surface area contributed by atoms with E-state index in [1.807, 2.05) is 24.3 Å². The van der Waals surface area contributed by atoms with E-state index in [0.29, 0.717) is 26.8 Å². The lowest BCUT2D eigenvalue weighted by Crippen LogP contribution is -2.27. The van der Waals surface area contributed by atoms with Gasteiger partial charge in [0.15, 0.2) is 11.5 Å². The number of thiophene rings is 1. The Kier molecular flexibility index (Phi) is 4.58. The Morgan fingerprint density at radius 3 is 2.72 bits per heavy atom. The Hall–Kier alpha value is -2.79. The van der Waals surface area contributed by atoms with E-state index in [9.17, 15) is 8.78 Å². The molecule has 2 unspecified atom stereocenters. The molecule has 4 aromatic heterocycles. The van der Waals surface area contributed by atoms with E-state index in [-0.39, 0.29) is 17.8 Å². The standard InChI is InChI=1S/C21H16ClF2N7S/c1-9-6-13(18(23)24)26-21-15(9)16-17(32-21)20-27-19(30-31(20)8-25-16)14-7-12(28-29-14)10-2-4-11(22)5-3-10/h2-6,8,12,14,18,28-29H,7H2,1H3. The highest BCUT2D eigenvalue weighted by Gasteiger charge is 2.29. The monoisotopic (exact) mass is 471 g/mol. The van der Waals surface area contributed by atoms with Gasteiger partial charge >= 0.3 is 0 Å². The van der Waals surface area contributed by atoms with Crippen molar-refractivity contribution in [2.45, 2.75) is 31.9 Å². The molecule has 1 aromatic carbocycles. The molecular formula is C21H16ClF2N7S. The lowest BCUT2D eigenvalue weighted by Gasteiger charge is -2.08. The minimum atomic E-state index is -2.62. The molecule has 1 saturated heterocycles. The van der Waals surface area contributed by atoms with Crippen LogP contribution in [0.2, 0.25) is 5.02 Å². The van der Waals surface area contributed by atoms with Crippen molar-refractivity contribution in [1.82, 2.24) is 35.4 Å². The van der Waals surface area contributed by atoms with Crippen molar-refractivity contribution in [3.05, 3.63) is 64.3 Å². The molecule has 0 saturated carbocycles. The lowest BCUT2D eigenvalue weighted by molar-refractivity contribution is 0.146. The average Bonchev–Trinajstić information content (AvgIpc) is 3.49. The molecule has 0 radical (unpaired) electrons. The summed E-state index contributed by atoms with van der Waals surface area (Å²) in [5.41, 5.74) is 9.53. The molecule has 11 heteroatoms. The van der Waals surface area contributed by atoms with Crippen LogP contribution in [0.4, 0.5) is 8.78 Å². The summed E-state index contributed by atoms with van der Waals surface area (Å²) in [6, 6.07) is 9.16. The van der Waals surface area contributed by atoms with E-state index in [2.05, 4.69) is 25.9 Å². The fraction of sp³-hybridized carbons (Fsp3) is 0.238. The van der Waals surface area contributed by atoms with Gasteiger partial charge in [-0.2, -0.15) is 0 Å². The van der Waals surface area contributed by atoms with Gasteiger partial charge in [0, 0.05) is 16.5 Å². The Balaban J connectivity index is 1.40. The predicted octanol–water partition coefficient (Wildman–Crippen LogP) is 5.07. The van der Waals surface area contributed by atoms with Gasteiger partial charge in [-0.3, -0.25) is 0 Å². The topological polar surface area (TPSA) is 80.0 Å². The smallest absolute Gasteiger partial charge is 0.250 e. The first kappa shape index (κ1) is 19.9. The zero-order chi connectivity index (χ0) is 22.0. The maximum atomic E-state index is 13.2. The van der Waals surface area contributed by atoms with Gasteiger partial charge in [0.25, 0.3) is 6.43 Å². The van der Waals surface area contributed by atoms with E-state index in [4.69, 9.17) is 16.6 Å². The number of alkyl halides is 2. The summed E-state index contributed by atoms with van der Waals surface area (Å²) in [4.78, 5) is 14.0. The number of nitrogens with one attached hydrogen (secondary N) is 2. The van der Waals surface area contributed by atoms with Crippen molar-refractivity contribution in [2.75, 3.05) is 0 Å². The molecule has 6 rings (SSSR count). The van der Waals surface area contributed by atoms with Crippen molar-refractivity contribution in [3.8, 4) is 0 Å². The second-order valence-electron chi connectivity index (χ2n) is 7.79. The van der Waals surface area contributed by atoms with Crippen molar-refractivity contribution in [3.63, 3.8) is 0 Å². The number of halogens is 3. The average molecular weight is 472 g/mol. The third-order valence-corrected chi connectivity index (χ3v) is 7.03. The maximum Gasteiger partial charge on any atom is 0.280 e. The zero-order valence-electron chi connectivity index (χ0n) is 16.7. The molecule has 1 fully saturated rings. The quantitative estimate of drug-likeness (QED) is 0.382. The molecule has 0 amide bonds. The number of rotatable bonds is 3. The third kappa shape index (κ3) is 3.14. The fourth-order valence-corrected chi connectivity index (χ4v) is 5.46. The van der Waals surface area contributed by atoms with E-state index >= 15 is 0 Å². The number of nitrogens with zero attached hydrogens (tertiary/aromatic N) is 5. The molecule has 2 N–H and O–H groups in total. The molecule has 0 spiro atoms. The lowest BCUT2D eigenvalue weighted by atomic mass is 10.0. The van der Waals surface area contributed by atoms with E-state index < -0.39 is 6.43 Å². The van der Waals surface area contributed by atoms with Crippen LogP contribution in [0.3, 0.4) is 0 Å². The van der Waals surface area contributed by atoms with Gasteiger partial charge in [-0.15, -0.1) is 16.4 Å². The first-order valence-electron chi connectivity index (χ1n) is 9.97. The van der Waals surface area contributed by atoms with Crippen LogP contribution in [0, 0.1) is 6.92 Å². The van der Waals surface area contributed by atoms with Gasteiger partial charge in [-0.05, 0) is 42.7 Å². The zero-order valence-corrected chi connectivity index (χ0v) is 18.3. The van der Waals surface area contributed by atoms with E-state index in [0.717, 1.165) is 27.6 Å². The largest absolute Gasteiger partial charge is 0.280 e. The summed E-state index contributed by atoms with van der Waals surface area (Å²) in [6.07, 6.45) is -0.245. The number of aromatic nitrogens is 5. The number of fused-ring (bicyclic) bond motifs is 5. The van der Waals surface area contributed by atoms with Crippen molar-refractivity contribution < 1.29 is 8.78 Å². The summed E-state index contributed by atoms with van der Waals surface area (Å²) >= 11 is 7.31. The highest BCUT2D eigenvalue weighted by Crippen LogP contribution is 2.37. The summed E-state index contributed by atoms with van der Waals surface area (Å²) in [7, 11) is 0. The van der Waals surface area contributed by atoms with E-state index in [1.54, 1.807) is 17.8 Å². The predicted molar refractivity (Wildman–Crippen MR) is 119 cm³/mol. The van der Waals surface area contributed by atoms with E-state index in [1.165, 1.54) is 17.4 Å². The van der Waals surface area contributed by atoms with Crippen LogP contribution in [-0.2, 0) is 0 Å². The van der Waals surface area contributed by atoms with Gasteiger partial charge in [0.2, 0.25) is 0 Å². The summed E-state index contributed by atoms with van der Waals surface area (Å²) in [6.45, 7) is 1.80. The molecule has 1 aliphatic rings. The van der Waals surface area contributed by atoms with Crippen LogP contribution in [0.5, 0.6) is 0 Å². The summed E-state index contributed by atoms with van der Waals surface area (Å²) in [5.74, 6) is 0.638. The first-order valence-corrected chi connectivity index (χ1v) is 11.2. The third-order valence-electron chi connectivity index (χ3n) is 5.71. The minimum absolute atomic E-state index is 0.0923. The number of pyridine rings is 1. The number of hydrogen-bond donors (Lipinski definition) is 2. The van der Waals surface area contributed by atoms with Crippen molar-refractivity contribution >= 4 is 49.0 Å². The number of aryl methyl sites for hydroxylation is 1. The Bertz CT molecular complexity index is 1480. The number of hydrogen-bond acceptors (Lipinski definition) is 7. The van der Waals surface area contributed by atoms with Gasteiger partial charge in [-0.25, -0.2) is 39.1 Å². The second-order valence-corrected chi connectivity index (χ2v) is 9.22.